The van der Waals surface area contributed by atoms with E-state index in [1.54, 1.807) is 0 Å². The molecule has 0 spiro atoms. The summed E-state index contributed by atoms with van der Waals surface area (Å²) in [6, 6.07) is 8.09. The van der Waals surface area contributed by atoms with Crippen molar-refractivity contribution in [3.05, 3.63) is 29.8 Å². The van der Waals surface area contributed by atoms with Crippen LogP contribution >= 0.6 is 0 Å². The van der Waals surface area contributed by atoms with Gasteiger partial charge in [-0.05, 0) is 18.9 Å². The number of morpholine rings is 1. The van der Waals surface area contributed by atoms with Crippen LogP contribution in [0.2, 0.25) is 0 Å². The molecule has 3 rings (SSSR count). The average molecular weight is 303 g/mol. The first-order chi connectivity index (χ1) is 10.8. The van der Waals surface area contributed by atoms with Crippen molar-refractivity contribution in [3.63, 3.8) is 0 Å². The van der Waals surface area contributed by atoms with Gasteiger partial charge in [-0.25, -0.2) is 4.79 Å². The number of hydrogen-bond acceptors (Lipinski definition) is 3. The number of para-hydroxylation sites is 1. The first kappa shape index (κ1) is 15.3. The molecule has 120 valence electrons. The quantitative estimate of drug-likeness (QED) is 0.804. The zero-order chi connectivity index (χ0) is 15.2. The zero-order valence-electron chi connectivity index (χ0n) is 12.9. The van der Waals surface area contributed by atoms with Gasteiger partial charge >= 0.3 is 6.03 Å². The highest BCUT2D eigenvalue weighted by Gasteiger charge is 2.20. The van der Waals surface area contributed by atoms with Gasteiger partial charge in [-0.2, -0.15) is 0 Å². The lowest BCUT2D eigenvalue weighted by atomic mass is 9.96. The number of amides is 2. The van der Waals surface area contributed by atoms with E-state index in [4.69, 9.17) is 4.74 Å². The summed E-state index contributed by atoms with van der Waals surface area (Å²) in [7, 11) is 0. The monoisotopic (exact) mass is 303 g/mol. The summed E-state index contributed by atoms with van der Waals surface area (Å²) >= 11 is 0. The van der Waals surface area contributed by atoms with Crippen molar-refractivity contribution in [3.8, 4) is 0 Å². The van der Waals surface area contributed by atoms with E-state index in [1.807, 2.05) is 24.3 Å². The molecule has 1 aromatic rings. The molecule has 1 saturated carbocycles. The molecular formula is C17H25N3O2. The number of urea groups is 1. The predicted molar refractivity (Wildman–Crippen MR) is 87.0 cm³/mol. The topological polar surface area (TPSA) is 62.4 Å². The fraction of sp³-hybridized carbons (Fsp3) is 0.588. The highest BCUT2D eigenvalue weighted by Crippen LogP contribution is 2.26. The minimum Gasteiger partial charge on any atom is -0.371 e. The van der Waals surface area contributed by atoms with Gasteiger partial charge in [-0.15, -0.1) is 0 Å². The Hall–Kier alpha value is -1.59. The van der Waals surface area contributed by atoms with Crippen molar-refractivity contribution in [2.75, 3.05) is 25.0 Å². The zero-order valence-corrected chi connectivity index (χ0v) is 12.9. The van der Waals surface area contributed by atoms with Crippen molar-refractivity contribution < 1.29 is 9.53 Å². The maximum absolute atomic E-state index is 12.2. The van der Waals surface area contributed by atoms with E-state index in [0.29, 0.717) is 12.6 Å². The van der Waals surface area contributed by atoms with Gasteiger partial charge < -0.3 is 20.7 Å². The summed E-state index contributed by atoms with van der Waals surface area (Å²) in [5.41, 5.74) is 1.87. The molecule has 0 aromatic heterocycles. The molecule has 5 heteroatoms. The lowest BCUT2D eigenvalue weighted by Gasteiger charge is -2.26. The van der Waals surface area contributed by atoms with E-state index in [0.717, 1.165) is 37.2 Å². The molecule has 2 aliphatic rings. The first-order valence-electron chi connectivity index (χ1n) is 8.32. The Morgan fingerprint density at radius 3 is 2.77 bits per heavy atom. The fourth-order valence-corrected chi connectivity index (χ4v) is 3.25. The lowest BCUT2D eigenvalue weighted by molar-refractivity contribution is 0.0281. The van der Waals surface area contributed by atoms with Crippen LogP contribution in [0.25, 0.3) is 0 Å². The molecule has 5 nitrogen and oxygen atoms in total. The second-order valence-corrected chi connectivity index (χ2v) is 6.08. The molecular weight excluding hydrogens is 278 g/mol. The Balaban J connectivity index is 1.62. The van der Waals surface area contributed by atoms with Crippen molar-refractivity contribution >= 4 is 11.7 Å². The summed E-state index contributed by atoms with van der Waals surface area (Å²) in [5.74, 6) is 0. The van der Waals surface area contributed by atoms with Gasteiger partial charge in [0.05, 0.1) is 12.7 Å². The minimum atomic E-state index is -0.108. The van der Waals surface area contributed by atoms with Gasteiger partial charge in [0.2, 0.25) is 0 Å². The number of nitrogens with one attached hydrogen (secondary N) is 3. The molecule has 1 atom stereocenters. The van der Waals surface area contributed by atoms with Gasteiger partial charge in [-0.1, -0.05) is 37.5 Å². The van der Waals surface area contributed by atoms with E-state index < -0.39 is 0 Å². The third kappa shape index (κ3) is 3.99. The van der Waals surface area contributed by atoms with Crippen LogP contribution in [0, 0.1) is 0 Å². The molecule has 1 saturated heterocycles. The van der Waals surface area contributed by atoms with Crippen LogP contribution in [0.15, 0.2) is 24.3 Å². The van der Waals surface area contributed by atoms with Crippen LogP contribution in [0.4, 0.5) is 10.5 Å². The standard InChI is InChI=1S/C17H25N3O2/c21-17(19-13-6-2-1-3-7-13)20-15-9-5-4-8-14(15)16-12-18-10-11-22-16/h4-5,8-9,13,16,18H,1-3,6-7,10-12H2,(H2,19,20,21). The number of rotatable bonds is 3. The Kier molecular flexibility index (Phi) is 5.29. The summed E-state index contributed by atoms with van der Waals surface area (Å²) in [4.78, 5) is 12.2. The normalized spacial score (nSPS) is 23.0. The maximum atomic E-state index is 12.2. The lowest BCUT2D eigenvalue weighted by Crippen LogP contribution is -2.39. The molecule has 2 fully saturated rings. The summed E-state index contributed by atoms with van der Waals surface area (Å²) in [6.45, 7) is 2.37. The van der Waals surface area contributed by atoms with Gasteiger partial charge in [-0.3, -0.25) is 0 Å². The smallest absolute Gasteiger partial charge is 0.319 e. The van der Waals surface area contributed by atoms with Gasteiger partial charge in [0, 0.05) is 30.4 Å². The van der Waals surface area contributed by atoms with Crippen molar-refractivity contribution in [2.45, 2.75) is 44.2 Å². The Bertz CT molecular complexity index is 494. The molecule has 0 radical (unpaired) electrons. The number of ether oxygens (including phenoxy) is 1. The SMILES string of the molecule is O=C(Nc1ccccc1C1CNCCO1)NC1CCCCC1. The maximum Gasteiger partial charge on any atom is 0.319 e. The minimum absolute atomic E-state index is 0.0000643. The largest absolute Gasteiger partial charge is 0.371 e. The first-order valence-corrected chi connectivity index (χ1v) is 8.32. The summed E-state index contributed by atoms with van der Waals surface area (Å²) < 4.78 is 5.80. The highest BCUT2D eigenvalue weighted by atomic mass is 16.5. The van der Waals surface area contributed by atoms with E-state index in [1.165, 1.54) is 19.3 Å². The number of carbonyl (C=O) groups excluding carboxylic acids is 1. The Morgan fingerprint density at radius 1 is 1.18 bits per heavy atom. The molecule has 2 amide bonds. The molecule has 1 aromatic carbocycles. The Labute approximate surface area is 131 Å². The average Bonchev–Trinajstić information content (AvgIpc) is 2.57. The van der Waals surface area contributed by atoms with Crippen molar-refractivity contribution in [1.82, 2.24) is 10.6 Å². The molecule has 0 bridgehead atoms. The Morgan fingerprint density at radius 2 is 2.00 bits per heavy atom. The number of hydrogen-bond donors (Lipinski definition) is 3. The molecule has 1 heterocycles. The van der Waals surface area contributed by atoms with Crippen molar-refractivity contribution in [2.24, 2.45) is 0 Å². The highest BCUT2D eigenvalue weighted by molar-refractivity contribution is 5.90. The third-order valence-corrected chi connectivity index (χ3v) is 4.42. The van der Waals surface area contributed by atoms with Crippen LogP contribution in [0.1, 0.15) is 43.8 Å². The van der Waals surface area contributed by atoms with Gasteiger partial charge in [0.15, 0.2) is 0 Å². The van der Waals surface area contributed by atoms with Crippen LogP contribution in [-0.2, 0) is 4.74 Å². The molecule has 1 aliphatic carbocycles. The van der Waals surface area contributed by atoms with Crippen molar-refractivity contribution in [1.29, 1.82) is 0 Å². The van der Waals surface area contributed by atoms with Crippen LogP contribution in [0.5, 0.6) is 0 Å². The summed E-state index contributed by atoms with van der Waals surface area (Å²) in [5, 5.41) is 9.41. The molecule has 1 unspecified atom stereocenters. The van der Waals surface area contributed by atoms with E-state index in [9.17, 15) is 4.79 Å². The second kappa shape index (κ2) is 7.61. The summed E-state index contributed by atoms with van der Waals surface area (Å²) in [6.07, 6.45) is 5.89. The fourth-order valence-electron chi connectivity index (χ4n) is 3.25. The third-order valence-electron chi connectivity index (χ3n) is 4.42. The molecule has 1 aliphatic heterocycles. The van der Waals surface area contributed by atoms with Crippen LogP contribution in [0.3, 0.4) is 0 Å². The number of anilines is 1. The second-order valence-electron chi connectivity index (χ2n) is 6.08. The van der Waals surface area contributed by atoms with E-state index in [2.05, 4.69) is 16.0 Å². The predicted octanol–water partition coefficient (Wildman–Crippen LogP) is 2.80. The number of carbonyl (C=O) groups is 1. The molecule has 3 N–H and O–H groups in total. The molecule has 22 heavy (non-hydrogen) atoms. The number of benzene rings is 1. The van der Waals surface area contributed by atoms with Gasteiger partial charge in [0.1, 0.15) is 0 Å². The van der Waals surface area contributed by atoms with E-state index >= 15 is 0 Å². The van der Waals surface area contributed by atoms with Crippen LogP contribution < -0.4 is 16.0 Å². The van der Waals surface area contributed by atoms with Gasteiger partial charge in [0.25, 0.3) is 0 Å². The van der Waals surface area contributed by atoms with E-state index in [-0.39, 0.29) is 12.1 Å². The van der Waals surface area contributed by atoms with Crippen LogP contribution in [-0.4, -0.2) is 31.8 Å².